The third-order valence-electron chi connectivity index (χ3n) is 9.24. The van der Waals surface area contributed by atoms with E-state index in [-0.39, 0.29) is 39.7 Å². The highest BCUT2D eigenvalue weighted by Crippen LogP contribution is 2.42. The van der Waals surface area contributed by atoms with Crippen molar-refractivity contribution in [3.05, 3.63) is 80.8 Å². The number of nitrogens with one attached hydrogen (secondary N) is 2. The summed E-state index contributed by atoms with van der Waals surface area (Å²) >= 11 is 1.14. The summed E-state index contributed by atoms with van der Waals surface area (Å²) in [5, 5.41) is 24.1. The van der Waals surface area contributed by atoms with Crippen LogP contribution in [0.2, 0.25) is 0 Å². The molecule has 3 aliphatic heterocycles. The van der Waals surface area contributed by atoms with Gasteiger partial charge in [0.25, 0.3) is 5.91 Å². The SMILES string of the molecule is N[C@@H](C(=O)NC1C(=O)N2C(C(=O)O)=C(COC(=O)c3cn(C4CC4)c4c(F)c(N5CCNCC5)c(F)cc4c3=O)CSC12)c1ccc(O)cc1. The number of nitrogens with two attached hydrogens (primary N) is 1. The Kier molecular flexibility index (Phi) is 8.73. The number of carbonyl (C=O) groups excluding carboxylic acids is 3. The summed E-state index contributed by atoms with van der Waals surface area (Å²) in [7, 11) is 0. The molecule has 3 aromatic rings. The molecule has 6 N–H and O–H groups in total. The van der Waals surface area contributed by atoms with Gasteiger partial charge in [0.2, 0.25) is 11.3 Å². The average molecular weight is 711 g/mol. The molecule has 14 nitrogen and oxygen atoms in total. The summed E-state index contributed by atoms with van der Waals surface area (Å²) in [5.74, 6) is -5.79. The predicted octanol–water partition coefficient (Wildman–Crippen LogP) is 1.33. The number of pyridine rings is 1. The summed E-state index contributed by atoms with van der Waals surface area (Å²) < 4.78 is 38.2. The number of ether oxygens (including phenoxy) is 1. The minimum absolute atomic E-state index is 0.00892. The van der Waals surface area contributed by atoms with Crippen molar-refractivity contribution in [3.63, 3.8) is 0 Å². The highest BCUT2D eigenvalue weighted by molar-refractivity contribution is 8.00. The molecule has 2 saturated heterocycles. The fourth-order valence-electron chi connectivity index (χ4n) is 6.50. The lowest BCUT2D eigenvalue weighted by Crippen LogP contribution is -2.71. The van der Waals surface area contributed by atoms with E-state index in [1.807, 2.05) is 0 Å². The number of rotatable bonds is 9. The fourth-order valence-corrected chi connectivity index (χ4v) is 7.82. The lowest BCUT2D eigenvalue weighted by molar-refractivity contribution is -0.151. The van der Waals surface area contributed by atoms with Crippen molar-refractivity contribution < 1.29 is 42.9 Å². The molecule has 4 heterocycles. The molecule has 0 radical (unpaired) electrons. The number of nitrogens with zero attached hydrogens (tertiary/aromatic N) is 3. The first-order chi connectivity index (χ1) is 24.0. The number of benzene rings is 2. The van der Waals surface area contributed by atoms with Crippen LogP contribution in [0.5, 0.6) is 5.75 Å². The van der Waals surface area contributed by atoms with Crippen LogP contribution < -0.4 is 26.7 Å². The molecule has 262 valence electrons. The molecule has 4 aliphatic rings. The number of anilines is 1. The molecule has 0 bridgehead atoms. The molecular formula is C33H32F2N6O8S. The van der Waals surface area contributed by atoms with Crippen LogP contribution >= 0.6 is 11.8 Å². The zero-order valence-electron chi connectivity index (χ0n) is 26.4. The number of esters is 1. The predicted molar refractivity (Wildman–Crippen MR) is 176 cm³/mol. The first kappa shape index (κ1) is 33.5. The summed E-state index contributed by atoms with van der Waals surface area (Å²) in [6.45, 7) is 1.24. The maximum absolute atomic E-state index is 16.0. The highest BCUT2D eigenvalue weighted by Gasteiger charge is 2.54. The van der Waals surface area contributed by atoms with Crippen molar-refractivity contribution >= 4 is 52.1 Å². The average Bonchev–Trinajstić information content (AvgIpc) is 3.95. The molecule has 0 spiro atoms. The summed E-state index contributed by atoms with van der Waals surface area (Å²) in [4.78, 5) is 67.7. The van der Waals surface area contributed by atoms with Crippen LogP contribution in [0.3, 0.4) is 0 Å². The number of phenols is 1. The monoisotopic (exact) mass is 710 g/mol. The van der Waals surface area contributed by atoms with Gasteiger partial charge in [-0.1, -0.05) is 12.1 Å². The zero-order chi connectivity index (χ0) is 35.4. The first-order valence-electron chi connectivity index (χ1n) is 15.9. The molecule has 2 amide bonds. The second-order valence-corrected chi connectivity index (χ2v) is 13.6. The van der Waals surface area contributed by atoms with Crippen LogP contribution in [-0.4, -0.2) is 93.4 Å². The first-order valence-corrected chi connectivity index (χ1v) is 17.0. The number of thioether (sulfide) groups is 1. The number of β-lactam (4-membered cyclic amide) rings is 1. The third kappa shape index (κ3) is 5.84. The number of aliphatic carboxylic acids is 1. The molecule has 17 heteroatoms. The Balaban J connectivity index is 1.10. The number of aromatic nitrogens is 1. The number of fused-ring (bicyclic) bond motifs is 2. The van der Waals surface area contributed by atoms with Gasteiger partial charge in [0.1, 0.15) is 52.6 Å². The van der Waals surface area contributed by atoms with Crippen LogP contribution in [0.4, 0.5) is 14.5 Å². The maximum Gasteiger partial charge on any atom is 0.352 e. The maximum atomic E-state index is 16.0. The summed E-state index contributed by atoms with van der Waals surface area (Å²) in [6.07, 6.45) is 2.53. The van der Waals surface area contributed by atoms with Crippen LogP contribution in [0.1, 0.15) is 40.8 Å². The number of carboxylic acid groups (broad SMARTS) is 1. The normalized spacial score (nSPS) is 21.1. The van der Waals surface area contributed by atoms with Crippen molar-refractivity contribution in [2.45, 2.75) is 36.3 Å². The smallest absolute Gasteiger partial charge is 0.352 e. The quantitative estimate of drug-likeness (QED) is 0.158. The molecule has 2 unspecified atom stereocenters. The van der Waals surface area contributed by atoms with Crippen molar-refractivity contribution in [1.82, 2.24) is 20.1 Å². The number of carbonyl (C=O) groups is 4. The van der Waals surface area contributed by atoms with Gasteiger partial charge in [-0.05, 0) is 36.6 Å². The Hall–Kier alpha value is -5.00. The molecule has 1 aliphatic carbocycles. The minimum Gasteiger partial charge on any atom is -0.508 e. The number of carboxylic acids is 1. The van der Waals surface area contributed by atoms with Gasteiger partial charge in [-0.25, -0.2) is 18.4 Å². The number of hydrogen-bond acceptors (Lipinski definition) is 11. The van der Waals surface area contributed by atoms with Gasteiger partial charge in [-0.3, -0.25) is 19.3 Å². The van der Waals surface area contributed by atoms with Gasteiger partial charge in [0, 0.05) is 49.7 Å². The molecule has 1 aromatic heterocycles. The van der Waals surface area contributed by atoms with Crippen LogP contribution in [0.15, 0.2) is 52.6 Å². The van der Waals surface area contributed by atoms with E-state index in [1.165, 1.54) is 35.0 Å². The Labute approximate surface area is 286 Å². The minimum atomic E-state index is -1.46. The van der Waals surface area contributed by atoms with Crippen LogP contribution in [0.25, 0.3) is 10.9 Å². The van der Waals surface area contributed by atoms with Crippen molar-refractivity contribution in [2.75, 3.05) is 43.4 Å². The van der Waals surface area contributed by atoms with Crippen molar-refractivity contribution in [1.29, 1.82) is 0 Å². The number of aromatic hydroxyl groups is 1. The molecule has 1 saturated carbocycles. The van der Waals surface area contributed by atoms with Gasteiger partial charge >= 0.3 is 11.9 Å². The van der Waals surface area contributed by atoms with Crippen LogP contribution in [0, 0.1) is 11.6 Å². The van der Waals surface area contributed by atoms with Gasteiger partial charge in [-0.15, -0.1) is 11.8 Å². The topological polar surface area (TPSA) is 197 Å². The van der Waals surface area contributed by atoms with E-state index < -0.39 is 76.1 Å². The van der Waals surface area contributed by atoms with E-state index in [9.17, 15) is 34.2 Å². The van der Waals surface area contributed by atoms with Gasteiger partial charge < -0.3 is 40.8 Å². The standard InChI is InChI=1S/C33H32F2N6O8S/c34-21-11-19-26(22(35)27(21)39-9-7-37-8-10-39)40(17-3-4-17)12-20(28(19)43)33(48)49-13-16-14-50-31-24(30(45)41(31)25(16)32(46)47)38-29(44)23(36)15-1-5-18(42)6-2-15/h1-2,5-6,11-12,17,23-24,31,37,42H,3-4,7-10,13-14,36H2,(H,38,44)(H,46,47)/t23-,24?,31?/m1/s1. The Morgan fingerprint density at radius 2 is 1.82 bits per heavy atom. The second kappa shape index (κ2) is 13.0. The Morgan fingerprint density at radius 3 is 2.48 bits per heavy atom. The molecular weight excluding hydrogens is 678 g/mol. The molecule has 7 rings (SSSR count). The van der Waals surface area contributed by atoms with Crippen molar-refractivity contribution in [3.8, 4) is 5.75 Å². The lowest BCUT2D eigenvalue weighted by atomic mass is 10.0. The molecule has 3 atom stereocenters. The summed E-state index contributed by atoms with van der Waals surface area (Å²) in [5.41, 5.74) is 4.34. The number of hydrogen-bond donors (Lipinski definition) is 5. The van der Waals surface area contributed by atoms with Gasteiger partial charge in [0.15, 0.2) is 5.82 Å². The van der Waals surface area contributed by atoms with Gasteiger partial charge in [0.05, 0.1) is 10.9 Å². The highest BCUT2D eigenvalue weighted by atomic mass is 32.2. The lowest BCUT2D eigenvalue weighted by Gasteiger charge is -2.49. The van der Waals surface area contributed by atoms with Gasteiger partial charge in [-0.2, -0.15) is 0 Å². The zero-order valence-corrected chi connectivity index (χ0v) is 27.2. The second-order valence-electron chi connectivity index (χ2n) is 12.5. The van der Waals surface area contributed by atoms with E-state index in [4.69, 9.17) is 10.5 Å². The number of amides is 2. The third-order valence-corrected chi connectivity index (χ3v) is 10.6. The van der Waals surface area contributed by atoms with E-state index in [1.54, 1.807) is 4.90 Å². The Morgan fingerprint density at radius 1 is 1.12 bits per heavy atom. The molecule has 3 fully saturated rings. The van der Waals surface area contributed by atoms with Crippen LogP contribution in [-0.2, 0) is 19.1 Å². The van der Waals surface area contributed by atoms with E-state index >= 15 is 8.78 Å². The van der Waals surface area contributed by atoms with Crippen molar-refractivity contribution in [2.24, 2.45) is 5.73 Å². The number of halogens is 2. The fraction of sp³-hybridized carbons (Fsp3) is 0.364. The van der Waals surface area contributed by atoms with E-state index in [0.717, 1.165) is 22.7 Å². The summed E-state index contributed by atoms with van der Waals surface area (Å²) in [6, 6.07) is 4.15. The Bertz CT molecular complexity index is 2030. The van der Waals surface area contributed by atoms with E-state index in [0.29, 0.717) is 44.6 Å². The van der Waals surface area contributed by atoms with E-state index in [2.05, 4.69) is 10.6 Å². The molecule has 50 heavy (non-hydrogen) atoms. The number of phenolic OH excluding ortho intramolecular Hbond substituents is 1. The molecule has 2 aromatic carbocycles. The largest absolute Gasteiger partial charge is 0.508 e. The number of piperazine rings is 1.